The van der Waals surface area contributed by atoms with Crippen molar-refractivity contribution in [2.75, 3.05) is 7.05 Å². The molecule has 0 aliphatic rings. The SMILES string of the molecule is CNCc1ccc(F)cc1C(F)(F)F. The number of hydrogen-bond donors (Lipinski definition) is 1. The molecule has 78 valence electrons. The molecule has 1 aromatic carbocycles. The van der Waals surface area contributed by atoms with Gasteiger partial charge in [0.25, 0.3) is 0 Å². The van der Waals surface area contributed by atoms with E-state index in [-0.39, 0.29) is 12.1 Å². The van der Waals surface area contributed by atoms with E-state index in [0.717, 1.165) is 12.1 Å². The second-order valence-corrected chi connectivity index (χ2v) is 2.83. The van der Waals surface area contributed by atoms with Crippen LogP contribution in [0.1, 0.15) is 11.1 Å². The van der Waals surface area contributed by atoms with Crippen molar-refractivity contribution in [1.29, 1.82) is 0 Å². The Morgan fingerprint density at radius 3 is 2.43 bits per heavy atom. The molecule has 0 amide bonds. The van der Waals surface area contributed by atoms with Crippen LogP contribution in [0.15, 0.2) is 18.2 Å². The molecule has 1 rings (SSSR count). The van der Waals surface area contributed by atoms with Gasteiger partial charge in [0.1, 0.15) is 5.82 Å². The van der Waals surface area contributed by atoms with Crippen LogP contribution < -0.4 is 5.32 Å². The molecule has 0 aliphatic carbocycles. The highest BCUT2D eigenvalue weighted by molar-refractivity contribution is 5.30. The van der Waals surface area contributed by atoms with E-state index in [0.29, 0.717) is 6.07 Å². The average molecular weight is 207 g/mol. The molecular formula is C9H9F4N. The van der Waals surface area contributed by atoms with Crippen LogP contribution in [0.3, 0.4) is 0 Å². The predicted octanol–water partition coefficient (Wildman–Crippen LogP) is 2.56. The number of rotatable bonds is 2. The van der Waals surface area contributed by atoms with Gasteiger partial charge in [0.2, 0.25) is 0 Å². The smallest absolute Gasteiger partial charge is 0.316 e. The van der Waals surface area contributed by atoms with Gasteiger partial charge in [-0.3, -0.25) is 0 Å². The number of hydrogen-bond acceptors (Lipinski definition) is 1. The Bertz CT molecular complexity index is 319. The first kappa shape index (κ1) is 11.0. The molecule has 1 aromatic rings. The molecule has 14 heavy (non-hydrogen) atoms. The lowest BCUT2D eigenvalue weighted by atomic mass is 10.1. The van der Waals surface area contributed by atoms with Gasteiger partial charge < -0.3 is 5.32 Å². The molecule has 0 atom stereocenters. The molecule has 0 spiro atoms. The van der Waals surface area contributed by atoms with Crippen molar-refractivity contribution in [3.8, 4) is 0 Å². The minimum Gasteiger partial charge on any atom is -0.316 e. The summed E-state index contributed by atoms with van der Waals surface area (Å²) in [5, 5.41) is 2.59. The van der Waals surface area contributed by atoms with E-state index < -0.39 is 17.6 Å². The van der Waals surface area contributed by atoms with Gasteiger partial charge in [0, 0.05) is 6.54 Å². The van der Waals surface area contributed by atoms with Crippen LogP contribution in [-0.4, -0.2) is 7.05 Å². The molecule has 0 radical (unpaired) electrons. The zero-order chi connectivity index (χ0) is 10.8. The average Bonchev–Trinajstić information content (AvgIpc) is 2.07. The monoisotopic (exact) mass is 207 g/mol. The lowest BCUT2D eigenvalue weighted by molar-refractivity contribution is -0.138. The summed E-state index contributed by atoms with van der Waals surface area (Å²) in [5.41, 5.74) is -0.881. The van der Waals surface area contributed by atoms with Gasteiger partial charge in [-0.05, 0) is 24.7 Å². The summed E-state index contributed by atoms with van der Waals surface area (Å²) in [5.74, 6) is -0.878. The third-order valence-electron chi connectivity index (χ3n) is 1.74. The summed E-state index contributed by atoms with van der Waals surface area (Å²) in [6.07, 6.45) is -4.51. The molecule has 0 aromatic heterocycles. The maximum absolute atomic E-state index is 12.6. The number of nitrogens with one attached hydrogen (secondary N) is 1. The van der Waals surface area contributed by atoms with Crippen molar-refractivity contribution >= 4 is 0 Å². The molecule has 0 unspecified atom stereocenters. The Hall–Kier alpha value is -1.10. The summed E-state index contributed by atoms with van der Waals surface area (Å²) in [7, 11) is 1.53. The Balaban J connectivity index is 3.16. The summed E-state index contributed by atoms with van der Waals surface area (Å²) in [6.45, 7) is 0.0646. The molecule has 0 saturated carbocycles. The van der Waals surface area contributed by atoms with Gasteiger partial charge in [-0.2, -0.15) is 13.2 Å². The number of alkyl halides is 3. The van der Waals surface area contributed by atoms with Crippen LogP contribution in [0.2, 0.25) is 0 Å². The molecule has 5 heteroatoms. The highest BCUT2D eigenvalue weighted by atomic mass is 19.4. The van der Waals surface area contributed by atoms with Crippen molar-refractivity contribution in [1.82, 2.24) is 5.32 Å². The third kappa shape index (κ3) is 2.45. The largest absolute Gasteiger partial charge is 0.416 e. The van der Waals surface area contributed by atoms with Crippen molar-refractivity contribution in [3.05, 3.63) is 35.1 Å². The Morgan fingerprint density at radius 1 is 1.29 bits per heavy atom. The Kier molecular flexibility index (Phi) is 3.10. The molecule has 0 aliphatic heterocycles. The lowest BCUT2D eigenvalue weighted by Gasteiger charge is -2.12. The molecular weight excluding hydrogens is 198 g/mol. The third-order valence-corrected chi connectivity index (χ3v) is 1.74. The van der Waals surface area contributed by atoms with Crippen LogP contribution >= 0.6 is 0 Å². The van der Waals surface area contributed by atoms with Gasteiger partial charge in [-0.25, -0.2) is 4.39 Å². The summed E-state index contributed by atoms with van der Waals surface area (Å²) >= 11 is 0. The molecule has 0 bridgehead atoms. The van der Waals surface area contributed by atoms with Gasteiger partial charge in [0.05, 0.1) is 5.56 Å². The van der Waals surface area contributed by atoms with E-state index in [4.69, 9.17) is 0 Å². The van der Waals surface area contributed by atoms with Crippen molar-refractivity contribution in [2.24, 2.45) is 0 Å². The summed E-state index contributed by atoms with van der Waals surface area (Å²) in [6, 6.07) is 2.66. The lowest BCUT2D eigenvalue weighted by Crippen LogP contribution is -2.14. The molecule has 0 fully saturated rings. The fourth-order valence-electron chi connectivity index (χ4n) is 1.16. The van der Waals surface area contributed by atoms with Crippen LogP contribution in [0, 0.1) is 5.82 Å². The molecule has 1 nitrogen and oxygen atoms in total. The topological polar surface area (TPSA) is 12.0 Å². The minimum atomic E-state index is -4.51. The second kappa shape index (κ2) is 3.96. The van der Waals surface area contributed by atoms with Crippen molar-refractivity contribution in [3.63, 3.8) is 0 Å². The zero-order valence-electron chi connectivity index (χ0n) is 7.45. The Labute approximate surface area is 78.7 Å². The van der Waals surface area contributed by atoms with E-state index >= 15 is 0 Å². The highest BCUT2D eigenvalue weighted by Crippen LogP contribution is 2.32. The molecule has 0 heterocycles. The normalized spacial score (nSPS) is 11.8. The van der Waals surface area contributed by atoms with Crippen LogP contribution in [0.5, 0.6) is 0 Å². The van der Waals surface area contributed by atoms with Crippen molar-refractivity contribution in [2.45, 2.75) is 12.7 Å². The van der Waals surface area contributed by atoms with Crippen molar-refractivity contribution < 1.29 is 17.6 Å². The zero-order valence-corrected chi connectivity index (χ0v) is 7.45. The first-order valence-electron chi connectivity index (χ1n) is 3.95. The van der Waals surface area contributed by atoms with Gasteiger partial charge in [-0.1, -0.05) is 6.07 Å². The summed E-state index contributed by atoms with van der Waals surface area (Å²) in [4.78, 5) is 0. The first-order chi connectivity index (χ1) is 6.45. The van der Waals surface area contributed by atoms with E-state index in [1.807, 2.05) is 0 Å². The molecule has 1 N–H and O–H groups in total. The quantitative estimate of drug-likeness (QED) is 0.735. The summed E-state index contributed by atoms with van der Waals surface area (Å²) < 4.78 is 49.7. The van der Waals surface area contributed by atoms with E-state index in [1.165, 1.54) is 7.05 Å². The second-order valence-electron chi connectivity index (χ2n) is 2.83. The number of benzene rings is 1. The maximum atomic E-state index is 12.6. The van der Waals surface area contributed by atoms with Gasteiger partial charge >= 0.3 is 6.18 Å². The van der Waals surface area contributed by atoms with Crippen LogP contribution in [0.4, 0.5) is 17.6 Å². The van der Waals surface area contributed by atoms with Crippen LogP contribution in [-0.2, 0) is 12.7 Å². The van der Waals surface area contributed by atoms with E-state index in [9.17, 15) is 17.6 Å². The fourth-order valence-corrected chi connectivity index (χ4v) is 1.16. The predicted molar refractivity (Wildman–Crippen MR) is 44.2 cm³/mol. The van der Waals surface area contributed by atoms with Gasteiger partial charge in [-0.15, -0.1) is 0 Å². The fraction of sp³-hybridized carbons (Fsp3) is 0.333. The Morgan fingerprint density at radius 2 is 1.93 bits per heavy atom. The van der Waals surface area contributed by atoms with Crippen LogP contribution in [0.25, 0.3) is 0 Å². The molecule has 0 saturated heterocycles. The minimum absolute atomic E-state index is 0.0430. The van der Waals surface area contributed by atoms with E-state index in [1.54, 1.807) is 0 Å². The standard InChI is InChI=1S/C9H9F4N/c1-14-5-6-2-3-7(10)4-8(6)9(11,12)13/h2-4,14H,5H2,1H3. The first-order valence-corrected chi connectivity index (χ1v) is 3.95. The van der Waals surface area contributed by atoms with E-state index in [2.05, 4.69) is 5.32 Å². The number of halogens is 4. The van der Waals surface area contributed by atoms with Gasteiger partial charge in [0.15, 0.2) is 0 Å². The maximum Gasteiger partial charge on any atom is 0.416 e. The highest BCUT2D eigenvalue weighted by Gasteiger charge is 2.33.